The Morgan fingerprint density at radius 3 is 2.65 bits per heavy atom. The number of carbonyl (C=O) groups excluding carboxylic acids is 1. The van der Waals surface area contributed by atoms with Crippen LogP contribution in [0.15, 0.2) is 23.6 Å². The molecule has 1 aromatic heterocycles. The molecular weight excluding hydrogens is 431 g/mol. The molecule has 1 N–H and O–H groups in total. The van der Waals surface area contributed by atoms with Crippen LogP contribution in [0.5, 0.6) is 5.75 Å². The molecule has 0 unspecified atom stereocenters. The van der Waals surface area contributed by atoms with E-state index in [0.29, 0.717) is 12.8 Å². The number of nitrogens with zero attached hydrogens (tertiary/aromatic N) is 2. The summed E-state index contributed by atoms with van der Waals surface area (Å²) in [7, 11) is 1.50. The number of thiazole rings is 1. The van der Waals surface area contributed by atoms with E-state index in [-0.39, 0.29) is 36.5 Å². The summed E-state index contributed by atoms with van der Waals surface area (Å²) in [5, 5.41) is 5.71. The first kappa shape index (κ1) is 23.5. The molecule has 0 saturated carbocycles. The Morgan fingerprint density at radius 2 is 2.03 bits per heavy atom. The molecule has 1 aliphatic heterocycles. The van der Waals surface area contributed by atoms with Crippen LogP contribution in [0.4, 0.5) is 18.9 Å². The van der Waals surface area contributed by atoms with E-state index >= 15 is 0 Å². The summed E-state index contributed by atoms with van der Waals surface area (Å²) in [6.45, 7) is 4.61. The maximum atomic E-state index is 13.1. The van der Waals surface area contributed by atoms with Crippen molar-refractivity contribution < 1.29 is 27.4 Å². The number of likely N-dealkylation sites (tertiary alicyclic amines) is 1. The number of hydrogen-bond acceptors (Lipinski definition) is 6. The number of halogens is 3. The highest BCUT2D eigenvalue weighted by Gasteiger charge is 2.32. The maximum Gasteiger partial charge on any atom is 0.416 e. The topological polar surface area (TPSA) is 63.7 Å². The molecule has 1 aliphatic rings. The van der Waals surface area contributed by atoms with Crippen LogP contribution in [0.2, 0.25) is 0 Å². The lowest BCUT2D eigenvalue weighted by Crippen LogP contribution is -2.37. The van der Waals surface area contributed by atoms with Crippen molar-refractivity contribution in [2.75, 3.05) is 38.7 Å². The summed E-state index contributed by atoms with van der Waals surface area (Å²) in [6.07, 6.45) is -3.24. The fraction of sp³-hybridized carbons (Fsp3) is 0.524. The zero-order valence-electron chi connectivity index (χ0n) is 17.5. The highest BCUT2D eigenvalue weighted by atomic mass is 32.1. The third kappa shape index (κ3) is 6.65. The molecule has 10 heteroatoms. The van der Waals surface area contributed by atoms with E-state index in [1.54, 1.807) is 11.3 Å². The van der Waals surface area contributed by atoms with E-state index in [2.05, 4.69) is 15.2 Å². The lowest BCUT2D eigenvalue weighted by molar-refractivity contribution is -0.137. The summed E-state index contributed by atoms with van der Waals surface area (Å²) < 4.78 is 49.8. The van der Waals surface area contributed by atoms with E-state index < -0.39 is 11.7 Å². The number of aromatic nitrogens is 1. The molecule has 0 radical (unpaired) electrons. The van der Waals surface area contributed by atoms with Gasteiger partial charge in [-0.3, -0.25) is 9.69 Å². The van der Waals surface area contributed by atoms with Crippen molar-refractivity contribution in [1.29, 1.82) is 0 Å². The van der Waals surface area contributed by atoms with Gasteiger partial charge in [0, 0.05) is 25.0 Å². The minimum absolute atomic E-state index is 0.0244. The normalized spacial score (nSPS) is 15.8. The van der Waals surface area contributed by atoms with Crippen LogP contribution in [0, 0.1) is 12.8 Å². The number of ether oxygens (including phenoxy) is 2. The number of carbonyl (C=O) groups is 1. The van der Waals surface area contributed by atoms with Crippen LogP contribution in [-0.4, -0.2) is 49.2 Å². The van der Waals surface area contributed by atoms with Crippen molar-refractivity contribution in [3.63, 3.8) is 0 Å². The number of aryl methyl sites for hydroxylation is 1. The van der Waals surface area contributed by atoms with Gasteiger partial charge in [-0.25, -0.2) is 4.98 Å². The van der Waals surface area contributed by atoms with Crippen LogP contribution in [0.25, 0.3) is 0 Å². The van der Waals surface area contributed by atoms with Gasteiger partial charge in [-0.05, 0) is 51.1 Å². The average Bonchev–Trinajstić information content (AvgIpc) is 3.13. The van der Waals surface area contributed by atoms with E-state index in [4.69, 9.17) is 9.47 Å². The van der Waals surface area contributed by atoms with E-state index in [1.807, 2.05) is 12.3 Å². The van der Waals surface area contributed by atoms with Crippen LogP contribution in [0.1, 0.15) is 29.1 Å². The Labute approximate surface area is 183 Å². The van der Waals surface area contributed by atoms with Crippen molar-refractivity contribution >= 4 is 22.9 Å². The Kier molecular flexibility index (Phi) is 7.90. The van der Waals surface area contributed by atoms with Gasteiger partial charge in [0.1, 0.15) is 12.4 Å². The number of benzene rings is 1. The molecule has 1 amide bonds. The van der Waals surface area contributed by atoms with E-state index in [9.17, 15) is 18.0 Å². The molecule has 3 rings (SSSR count). The Hall–Kier alpha value is -2.17. The van der Waals surface area contributed by atoms with Gasteiger partial charge in [0.05, 0.1) is 28.6 Å². The number of rotatable bonds is 8. The van der Waals surface area contributed by atoms with Crippen molar-refractivity contribution in [2.45, 2.75) is 32.5 Å². The van der Waals surface area contributed by atoms with Crippen molar-refractivity contribution in [1.82, 2.24) is 9.88 Å². The molecule has 1 fully saturated rings. The zero-order chi connectivity index (χ0) is 22.4. The molecule has 1 aromatic carbocycles. The van der Waals surface area contributed by atoms with Gasteiger partial charge in [0.15, 0.2) is 0 Å². The summed E-state index contributed by atoms with van der Waals surface area (Å²) in [5.74, 6) is -0.371. The lowest BCUT2D eigenvalue weighted by Gasteiger charge is -2.30. The minimum atomic E-state index is -4.51. The van der Waals surface area contributed by atoms with Gasteiger partial charge in [0.25, 0.3) is 0 Å². The largest absolute Gasteiger partial charge is 0.489 e. The second-order valence-corrected chi connectivity index (χ2v) is 8.51. The van der Waals surface area contributed by atoms with Crippen molar-refractivity contribution in [3.8, 4) is 5.75 Å². The second kappa shape index (κ2) is 10.4. The zero-order valence-corrected chi connectivity index (χ0v) is 18.3. The third-order valence-corrected chi connectivity index (χ3v) is 5.94. The first-order valence-corrected chi connectivity index (χ1v) is 10.9. The Balaban J connectivity index is 1.62. The Morgan fingerprint density at radius 1 is 1.29 bits per heavy atom. The Bertz CT molecular complexity index is 880. The molecule has 0 aliphatic carbocycles. The van der Waals surface area contributed by atoms with Crippen LogP contribution in [-0.2, 0) is 22.3 Å². The lowest BCUT2D eigenvalue weighted by atomic mass is 9.95. The molecule has 6 nitrogen and oxygen atoms in total. The number of piperidine rings is 1. The van der Waals surface area contributed by atoms with Crippen molar-refractivity contribution in [3.05, 3.63) is 39.8 Å². The van der Waals surface area contributed by atoms with Gasteiger partial charge < -0.3 is 14.8 Å². The standard InChI is InChI=1S/C21H26F3N3O3S/c1-14-25-17(13-31-14)12-27-7-5-15(6-8-27)20(28)26-18-11-16(21(22,23)24)3-4-19(18)30-10-9-29-2/h3-4,11,13,15H,5-10,12H2,1-2H3,(H,26,28). The molecule has 170 valence electrons. The highest BCUT2D eigenvalue weighted by molar-refractivity contribution is 7.09. The predicted octanol–water partition coefficient (Wildman–Crippen LogP) is 4.35. The van der Waals surface area contributed by atoms with Crippen molar-refractivity contribution in [2.24, 2.45) is 5.92 Å². The molecule has 2 heterocycles. The average molecular weight is 458 g/mol. The minimum Gasteiger partial charge on any atom is -0.489 e. The number of anilines is 1. The first-order valence-electron chi connectivity index (χ1n) is 10.0. The fourth-order valence-corrected chi connectivity index (χ4v) is 4.07. The molecule has 31 heavy (non-hydrogen) atoms. The second-order valence-electron chi connectivity index (χ2n) is 7.45. The molecule has 0 bridgehead atoms. The van der Waals surface area contributed by atoms with Gasteiger partial charge in [-0.2, -0.15) is 13.2 Å². The highest BCUT2D eigenvalue weighted by Crippen LogP contribution is 2.35. The van der Waals surface area contributed by atoms with Crippen LogP contribution in [0.3, 0.4) is 0 Å². The number of amides is 1. The molecule has 1 saturated heterocycles. The number of alkyl halides is 3. The summed E-state index contributed by atoms with van der Waals surface area (Å²) in [6, 6.07) is 3.09. The van der Waals surface area contributed by atoms with Gasteiger partial charge in [-0.15, -0.1) is 11.3 Å². The summed E-state index contributed by atoms with van der Waals surface area (Å²) in [4.78, 5) is 19.5. The monoisotopic (exact) mass is 457 g/mol. The maximum absolute atomic E-state index is 13.1. The fourth-order valence-electron chi connectivity index (χ4n) is 3.46. The smallest absolute Gasteiger partial charge is 0.416 e. The van der Waals surface area contributed by atoms with Gasteiger partial charge in [0.2, 0.25) is 5.91 Å². The van der Waals surface area contributed by atoms with Crippen LogP contribution < -0.4 is 10.1 Å². The van der Waals surface area contributed by atoms with E-state index in [1.165, 1.54) is 13.2 Å². The SMILES string of the molecule is COCCOc1ccc(C(F)(F)F)cc1NC(=O)C1CCN(Cc2csc(C)n2)CC1. The number of methoxy groups -OCH3 is 1. The van der Waals surface area contributed by atoms with Gasteiger partial charge in [-0.1, -0.05) is 0 Å². The number of nitrogens with one attached hydrogen (secondary N) is 1. The first-order chi connectivity index (χ1) is 14.8. The summed E-state index contributed by atoms with van der Waals surface area (Å²) >= 11 is 1.61. The molecular formula is C21H26F3N3O3S. The molecule has 0 spiro atoms. The third-order valence-electron chi connectivity index (χ3n) is 5.12. The van der Waals surface area contributed by atoms with Crippen LogP contribution >= 0.6 is 11.3 Å². The summed E-state index contributed by atoms with van der Waals surface area (Å²) in [5.41, 5.74) is 0.207. The van der Waals surface area contributed by atoms with E-state index in [0.717, 1.165) is 42.5 Å². The number of hydrogen-bond donors (Lipinski definition) is 1. The van der Waals surface area contributed by atoms with Gasteiger partial charge >= 0.3 is 6.18 Å². The predicted molar refractivity (Wildman–Crippen MR) is 112 cm³/mol. The molecule has 2 aromatic rings. The quantitative estimate of drug-likeness (QED) is 0.598. The molecule has 0 atom stereocenters.